The third kappa shape index (κ3) is 5.17. The first-order valence-corrected chi connectivity index (χ1v) is 9.69. The van der Waals surface area contributed by atoms with Crippen LogP contribution in [0.1, 0.15) is 30.4 Å². The Balaban J connectivity index is 1.58. The van der Waals surface area contributed by atoms with E-state index in [1.54, 1.807) is 0 Å². The SMILES string of the molecule is C[C@@H](NC(=O)OCC1c2ccccc2-c2ccccc21)C(=O)NC(CC(=O)O)C(F)F. The molecule has 2 aromatic rings. The summed E-state index contributed by atoms with van der Waals surface area (Å²) < 4.78 is 31.1. The van der Waals surface area contributed by atoms with Gasteiger partial charge in [-0.15, -0.1) is 0 Å². The Hall–Kier alpha value is -3.49. The van der Waals surface area contributed by atoms with Crippen molar-refractivity contribution in [1.29, 1.82) is 0 Å². The average molecular weight is 432 g/mol. The maximum Gasteiger partial charge on any atom is 0.407 e. The van der Waals surface area contributed by atoms with E-state index in [0.717, 1.165) is 22.3 Å². The van der Waals surface area contributed by atoms with Crippen molar-refractivity contribution in [2.75, 3.05) is 6.61 Å². The van der Waals surface area contributed by atoms with Crippen LogP contribution in [-0.2, 0) is 14.3 Å². The van der Waals surface area contributed by atoms with Crippen molar-refractivity contribution in [1.82, 2.24) is 10.6 Å². The van der Waals surface area contributed by atoms with E-state index in [4.69, 9.17) is 9.84 Å². The summed E-state index contributed by atoms with van der Waals surface area (Å²) >= 11 is 0. The van der Waals surface area contributed by atoms with Crippen LogP contribution in [-0.4, -0.2) is 48.2 Å². The quantitative estimate of drug-likeness (QED) is 0.595. The molecule has 1 unspecified atom stereocenters. The molecule has 2 amide bonds. The van der Waals surface area contributed by atoms with Crippen LogP contribution in [0.25, 0.3) is 11.1 Å². The van der Waals surface area contributed by atoms with Gasteiger partial charge >= 0.3 is 12.1 Å². The molecule has 0 aliphatic heterocycles. The van der Waals surface area contributed by atoms with E-state index in [-0.39, 0.29) is 12.5 Å². The molecule has 1 aliphatic carbocycles. The van der Waals surface area contributed by atoms with Gasteiger partial charge in [0.2, 0.25) is 5.91 Å². The summed E-state index contributed by atoms with van der Waals surface area (Å²) in [6.45, 7) is 1.33. The van der Waals surface area contributed by atoms with Gasteiger partial charge in [0.25, 0.3) is 6.43 Å². The molecule has 0 bridgehead atoms. The van der Waals surface area contributed by atoms with Gasteiger partial charge in [0.05, 0.1) is 6.42 Å². The van der Waals surface area contributed by atoms with Gasteiger partial charge in [0, 0.05) is 5.92 Å². The fourth-order valence-electron chi connectivity index (χ4n) is 3.58. The zero-order valence-corrected chi connectivity index (χ0v) is 16.7. The highest BCUT2D eigenvalue weighted by Crippen LogP contribution is 2.44. The van der Waals surface area contributed by atoms with Crippen molar-refractivity contribution in [2.45, 2.75) is 37.8 Å². The molecule has 2 atom stereocenters. The minimum Gasteiger partial charge on any atom is -0.481 e. The third-order valence-corrected chi connectivity index (χ3v) is 5.10. The van der Waals surface area contributed by atoms with Crippen molar-refractivity contribution in [3.05, 3.63) is 59.7 Å². The highest BCUT2D eigenvalue weighted by atomic mass is 19.3. The standard InChI is InChI=1S/C22H22F2N2O5/c1-12(21(29)26-18(20(23)24)10-19(27)28)25-22(30)31-11-17-15-8-4-2-6-13(15)14-7-3-5-9-16(14)17/h2-9,12,17-18,20H,10-11H2,1H3,(H,25,30)(H,26,29)(H,27,28)/t12-,18?/m1/s1. The lowest BCUT2D eigenvalue weighted by atomic mass is 9.98. The number of hydrogen-bond donors (Lipinski definition) is 3. The molecule has 0 fully saturated rings. The van der Waals surface area contributed by atoms with E-state index in [1.165, 1.54) is 6.92 Å². The van der Waals surface area contributed by atoms with E-state index in [9.17, 15) is 23.2 Å². The Morgan fingerprint density at radius 2 is 1.55 bits per heavy atom. The molecular weight excluding hydrogens is 410 g/mol. The molecule has 7 nitrogen and oxygen atoms in total. The van der Waals surface area contributed by atoms with Crippen molar-refractivity contribution >= 4 is 18.0 Å². The summed E-state index contributed by atoms with van der Waals surface area (Å²) in [4.78, 5) is 34.9. The fraction of sp³-hybridized carbons (Fsp3) is 0.318. The second-order valence-corrected chi connectivity index (χ2v) is 7.24. The predicted molar refractivity (Wildman–Crippen MR) is 108 cm³/mol. The molecule has 9 heteroatoms. The minimum atomic E-state index is -3.05. The molecule has 1 aliphatic rings. The summed E-state index contributed by atoms with van der Waals surface area (Å²) in [5.74, 6) is -2.57. The maximum absolute atomic E-state index is 12.9. The summed E-state index contributed by atoms with van der Waals surface area (Å²) in [7, 11) is 0. The molecule has 31 heavy (non-hydrogen) atoms. The van der Waals surface area contributed by atoms with Gasteiger partial charge in [-0.2, -0.15) is 0 Å². The number of carboxylic acid groups (broad SMARTS) is 1. The second-order valence-electron chi connectivity index (χ2n) is 7.24. The predicted octanol–water partition coefficient (Wildman–Crippen LogP) is 3.14. The smallest absolute Gasteiger partial charge is 0.407 e. The lowest BCUT2D eigenvalue weighted by Crippen LogP contribution is -2.50. The lowest BCUT2D eigenvalue weighted by Gasteiger charge is -2.20. The number of alkyl halides is 2. The second kappa shape index (κ2) is 9.55. The summed E-state index contributed by atoms with van der Waals surface area (Å²) in [5.41, 5.74) is 4.18. The lowest BCUT2D eigenvalue weighted by molar-refractivity contribution is -0.139. The normalized spacial score (nSPS) is 14.3. The van der Waals surface area contributed by atoms with Crippen LogP contribution >= 0.6 is 0 Å². The van der Waals surface area contributed by atoms with Crippen LogP contribution in [0.3, 0.4) is 0 Å². The van der Waals surface area contributed by atoms with E-state index in [0.29, 0.717) is 0 Å². The van der Waals surface area contributed by atoms with E-state index in [2.05, 4.69) is 5.32 Å². The van der Waals surface area contributed by atoms with Crippen LogP contribution in [0.15, 0.2) is 48.5 Å². The number of halogens is 2. The van der Waals surface area contributed by atoms with Gasteiger partial charge in [-0.1, -0.05) is 48.5 Å². The fourth-order valence-corrected chi connectivity index (χ4v) is 3.58. The summed E-state index contributed by atoms with van der Waals surface area (Å²) in [5, 5.41) is 12.9. The van der Waals surface area contributed by atoms with Crippen LogP contribution in [0.2, 0.25) is 0 Å². The number of rotatable bonds is 8. The maximum atomic E-state index is 12.9. The first-order chi connectivity index (χ1) is 14.8. The molecular formula is C22H22F2N2O5. The van der Waals surface area contributed by atoms with Gasteiger partial charge in [0.15, 0.2) is 0 Å². The van der Waals surface area contributed by atoms with Gasteiger partial charge < -0.3 is 20.5 Å². The van der Waals surface area contributed by atoms with E-state index < -0.39 is 42.9 Å². The number of fused-ring (bicyclic) bond motifs is 3. The van der Waals surface area contributed by atoms with Crippen molar-refractivity contribution < 1.29 is 33.0 Å². The highest BCUT2D eigenvalue weighted by molar-refractivity contribution is 5.86. The van der Waals surface area contributed by atoms with E-state index >= 15 is 0 Å². The number of alkyl carbamates (subject to hydrolysis) is 1. The molecule has 0 saturated heterocycles. The van der Waals surface area contributed by atoms with Gasteiger partial charge in [-0.05, 0) is 29.2 Å². The Bertz CT molecular complexity index is 936. The Morgan fingerprint density at radius 1 is 1.00 bits per heavy atom. The minimum absolute atomic E-state index is 0.0346. The first-order valence-electron chi connectivity index (χ1n) is 9.69. The summed E-state index contributed by atoms with van der Waals surface area (Å²) in [6, 6.07) is 12.6. The summed E-state index contributed by atoms with van der Waals surface area (Å²) in [6.07, 6.45) is -4.86. The van der Waals surface area contributed by atoms with Crippen molar-refractivity contribution in [2.24, 2.45) is 0 Å². The largest absolute Gasteiger partial charge is 0.481 e. The Kier molecular flexibility index (Phi) is 6.84. The topological polar surface area (TPSA) is 105 Å². The molecule has 0 radical (unpaired) electrons. The average Bonchev–Trinajstić information content (AvgIpc) is 3.05. The molecule has 0 heterocycles. The molecule has 3 N–H and O–H groups in total. The first kappa shape index (κ1) is 22.2. The van der Waals surface area contributed by atoms with Crippen molar-refractivity contribution in [3.63, 3.8) is 0 Å². The van der Waals surface area contributed by atoms with Crippen molar-refractivity contribution in [3.8, 4) is 11.1 Å². The van der Waals surface area contributed by atoms with Crippen LogP contribution in [0, 0.1) is 0 Å². The zero-order valence-electron chi connectivity index (χ0n) is 16.7. The zero-order chi connectivity index (χ0) is 22.5. The monoisotopic (exact) mass is 432 g/mol. The van der Waals surface area contributed by atoms with E-state index in [1.807, 2.05) is 53.8 Å². The third-order valence-electron chi connectivity index (χ3n) is 5.10. The van der Waals surface area contributed by atoms with Crippen LogP contribution in [0.5, 0.6) is 0 Å². The molecule has 3 rings (SSSR count). The molecule has 2 aromatic carbocycles. The Morgan fingerprint density at radius 3 is 2.06 bits per heavy atom. The van der Waals surface area contributed by atoms with Crippen LogP contribution in [0.4, 0.5) is 13.6 Å². The number of carbonyl (C=O) groups excluding carboxylic acids is 2. The Labute approximate surface area is 177 Å². The molecule has 0 saturated carbocycles. The number of nitrogens with one attached hydrogen (secondary N) is 2. The molecule has 164 valence electrons. The number of amides is 2. The molecule has 0 aromatic heterocycles. The molecule has 0 spiro atoms. The van der Waals surface area contributed by atoms with Gasteiger partial charge in [0.1, 0.15) is 18.7 Å². The number of carbonyl (C=O) groups is 3. The number of carboxylic acids is 1. The number of ether oxygens (including phenoxy) is 1. The van der Waals surface area contributed by atoms with Gasteiger partial charge in [-0.25, -0.2) is 13.6 Å². The number of hydrogen-bond acceptors (Lipinski definition) is 4. The van der Waals surface area contributed by atoms with Gasteiger partial charge in [-0.3, -0.25) is 9.59 Å². The van der Waals surface area contributed by atoms with Crippen LogP contribution < -0.4 is 10.6 Å². The number of aliphatic carboxylic acids is 1. The highest BCUT2D eigenvalue weighted by Gasteiger charge is 2.30. The number of benzene rings is 2.